The number of rotatable bonds is 2. The Morgan fingerprint density at radius 1 is 1.47 bits per heavy atom. The number of alkyl carbamates (subject to hydrolysis) is 1. The van der Waals surface area contributed by atoms with Gasteiger partial charge in [0.25, 0.3) is 0 Å². The van der Waals surface area contributed by atoms with Crippen molar-refractivity contribution in [2.75, 3.05) is 6.61 Å². The van der Waals surface area contributed by atoms with Gasteiger partial charge < -0.3 is 15.2 Å². The Balaban J connectivity index is 2.37. The van der Waals surface area contributed by atoms with Gasteiger partial charge in [-0.25, -0.2) is 4.79 Å². The van der Waals surface area contributed by atoms with E-state index in [1.165, 1.54) is 0 Å². The highest BCUT2D eigenvalue weighted by atomic mass is 16.6. The van der Waals surface area contributed by atoms with Crippen molar-refractivity contribution >= 4 is 6.09 Å². The molecule has 0 aliphatic heterocycles. The van der Waals surface area contributed by atoms with Crippen LogP contribution in [0.1, 0.15) is 40.0 Å². The van der Waals surface area contributed by atoms with Gasteiger partial charge in [-0.3, -0.25) is 0 Å². The third-order valence-corrected chi connectivity index (χ3v) is 2.60. The molecule has 88 valence electrons. The van der Waals surface area contributed by atoms with Crippen molar-refractivity contribution in [3.63, 3.8) is 0 Å². The molecule has 4 heteroatoms. The average Bonchev–Trinajstić information content (AvgIpc) is 2.48. The Hall–Kier alpha value is -0.770. The van der Waals surface area contributed by atoms with Crippen LogP contribution in [0, 0.1) is 5.92 Å². The van der Waals surface area contributed by atoms with Gasteiger partial charge in [0.05, 0.1) is 0 Å². The van der Waals surface area contributed by atoms with E-state index in [0.717, 1.165) is 19.3 Å². The number of nitrogens with one attached hydrogen (secondary N) is 1. The zero-order valence-corrected chi connectivity index (χ0v) is 9.75. The number of carbonyl (C=O) groups excluding carboxylic acids is 1. The number of amides is 1. The fraction of sp³-hybridized carbons (Fsp3) is 0.909. The van der Waals surface area contributed by atoms with E-state index in [9.17, 15) is 4.79 Å². The molecule has 1 fully saturated rings. The summed E-state index contributed by atoms with van der Waals surface area (Å²) in [6, 6.07) is 0.0739. The Kier molecular flexibility index (Phi) is 3.97. The lowest BCUT2D eigenvalue weighted by Crippen LogP contribution is -2.41. The van der Waals surface area contributed by atoms with Gasteiger partial charge in [-0.1, -0.05) is 6.42 Å². The second kappa shape index (κ2) is 4.84. The molecule has 0 aromatic carbocycles. The van der Waals surface area contributed by atoms with Crippen LogP contribution in [0.5, 0.6) is 0 Å². The van der Waals surface area contributed by atoms with Gasteiger partial charge in [0.2, 0.25) is 0 Å². The monoisotopic (exact) mass is 215 g/mol. The van der Waals surface area contributed by atoms with Gasteiger partial charge in [0.1, 0.15) is 5.60 Å². The van der Waals surface area contributed by atoms with Crippen molar-refractivity contribution in [2.45, 2.75) is 51.7 Å². The molecule has 2 N–H and O–H groups in total. The number of hydrogen-bond donors (Lipinski definition) is 2. The molecule has 0 radical (unpaired) electrons. The zero-order chi connectivity index (χ0) is 11.5. The number of ether oxygens (including phenoxy) is 1. The van der Waals surface area contributed by atoms with Gasteiger partial charge in [-0.05, 0) is 33.6 Å². The smallest absolute Gasteiger partial charge is 0.407 e. The van der Waals surface area contributed by atoms with Gasteiger partial charge >= 0.3 is 6.09 Å². The summed E-state index contributed by atoms with van der Waals surface area (Å²) in [6.07, 6.45) is 2.60. The van der Waals surface area contributed by atoms with E-state index in [1.54, 1.807) is 0 Å². The van der Waals surface area contributed by atoms with Crippen LogP contribution in [-0.4, -0.2) is 29.4 Å². The van der Waals surface area contributed by atoms with Crippen LogP contribution in [0.4, 0.5) is 4.79 Å². The third kappa shape index (κ3) is 4.08. The molecule has 1 rings (SSSR count). The van der Waals surface area contributed by atoms with Crippen molar-refractivity contribution in [3.05, 3.63) is 0 Å². The summed E-state index contributed by atoms with van der Waals surface area (Å²) in [4.78, 5) is 11.5. The van der Waals surface area contributed by atoms with E-state index in [1.807, 2.05) is 20.8 Å². The predicted molar refractivity (Wildman–Crippen MR) is 57.6 cm³/mol. The number of hydrogen-bond acceptors (Lipinski definition) is 3. The molecule has 1 aliphatic rings. The first-order valence-electron chi connectivity index (χ1n) is 5.53. The molecule has 15 heavy (non-hydrogen) atoms. The number of aliphatic hydroxyl groups is 1. The summed E-state index contributed by atoms with van der Waals surface area (Å²) in [5, 5.41) is 11.9. The normalized spacial score (nSPS) is 26.4. The highest BCUT2D eigenvalue weighted by Gasteiger charge is 2.29. The minimum Gasteiger partial charge on any atom is -0.444 e. The number of aliphatic hydroxyl groups excluding tert-OH is 1. The quantitative estimate of drug-likeness (QED) is 0.736. The predicted octanol–water partition coefficient (Wildman–Crippen LogP) is 1.67. The molecule has 0 saturated heterocycles. The summed E-state index contributed by atoms with van der Waals surface area (Å²) in [6.45, 7) is 5.65. The highest BCUT2D eigenvalue weighted by molar-refractivity contribution is 5.68. The van der Waals surface area contributed by atoms with Gasteiger partial charge in [-0.15, -0.1) is 0 Å². The van der Waals surface area contributed by atoms with Crippen molar-refractivity contribution in [1.29, 1.82) is 0 Å². The van der Waals surface area contributed by atoms with Crippen LogP contribution >= 0.6 is 0 Å². The van der Waals surface area contributed by atoms with Gasteiger partial charge in [0, 0.05) is 18.6 Å². The molecule has 0 aromatic heterocycles. The van der Waals surface area contributed by atoms with Crippen LogP contribution in [0.25, 0.3) is 0 Å². The molecule has 1 saturated carbocycles. The second-order valence-electron chi connectivity index (χ2n) is 5.13. The lowest BCUT2D eigenvalue weighted by molar-refractivity contribution is 0.0483. The van der Waals surface area contributed by atoms with E-state index in [4.69, 9.17) is 9.84 Å². The largest absolute Gasteiger partial charge is 0.444 e. The molecular formula is C11H21NO3. The molecule has 4 nitrogen and oxygen atoms in total. The van der Waals surface area contributed by atoms with Crippen LogP contribution in [0.15, 0.2) is 0 Å². The number of carbonyl (C=O) groups is 1. The molecule has 2 atom stereocenters. The van der Waals surface area contributed by atoms with Crippen molar-refractivity contribution < 1.29 is 14.6 Å². The molecule has 0 unspecified atom stereocenters. The van der Waals surface area contributed by atoms with Crippen LogP contribution < -0.4 is 5.32 Å². The van der Waals surface area contributed by atoms with E-state index in [2.05, 4.69) is 5.32 Å². The topological polar surface area (TPSA) is 58.6 Å². The van der Waals surface area contributed by atoms with Crippen LogP contribution in [0.2, 0.25) is 0 Å². The molecule has 0 aromatic rings. The minimum atomic E-state index is -0.461. The van der Waals surface area contributed by atoms with Crippen molar-refractivity contribution in [2.24, 2.45) is 5.92 Å². The summed E-state index contributed by atoms with van der Waals surface area (Å²) in [5.41, 5.74) is -0.461. The van der Waals surface area contributed by atoms with E-state index in [-0.39, 0.29) is 24.7 Å². The second-order valence-corrected chi connectivity index (χ2v) is 5.13. The SMILES string of the molecule is CC(C)(C)OC(=O)N[C@@H]1CCC[C@@H]1CO. The summed E-state index contributed by atoms with van der Waals surface area (Å²) < 4.78 is 5.16. The minimum absolute atomic E-state index is 0.0739. The maximum Gasteiger partial charge on any atom is 0.407 e. The van der Waals surface area contributed by atoms with Crippen molar-refractivity contribution in [1.82, 2.24) is 5.32 Å². The molecule has 1 amide bonds. The van der Waals surface area contributed by atoms with Gasteiger partial charge in [-0.2, -0.15) is 0 Å². The Labute approximate surface area is 91.0 Å². The summed E-state index contributed by atoms with van der Waals surface area (Å²) in [7, 11) is 0. The van der Waals surface area contributed by atoms with Crippen LogP contribution in [-0.2, 0) is 4.74 Å². The maximum absolute atomic E-state index is 11.5. The lowest BCUT2D eigenvalue weighted by atomic mass is 10.1. The fourth-order valence-corrected chi connectivity index (χ4v) is 1.90. The maximum atomic E-state index is 11.5. The zero-order valence-electron chi connectivity index (χ0n) is 9.75. The third-order valence-electron chi connectivity index (χ3n) is 2.60. The van der Waals surface area contributed by atoms with E-state index < -0.39 is 5.60 Å². The molecule has 1 aliphatic carbocycles. The Bertz CT molecular complexity index is 222. The van der Waals surface area contributed by atoms with E-state index >= 15 is 0 Å². The Morgan fingerprint density at radius 2 is 2.13 bits per heavy atom. The summed E-state index contributed by atoms with van der Waals surface area (Å²) in [5.74, 6) is 0.192. The first kappa shape index (κ1) is 12.3. The Morgan fingerprint density at radius 3 is 2.67 bits per heavy atom. The van der Waals surface area contributed by atoms with Crippen LogP contribution in [0.3, 0.4) is 0 Å². The average molecular weight is 215 g/mol. The van der Waals surface area contributed by atoms with Crippen molar-refractivity contribution in [3.8, 4) is 0 Å². The molecule has 0 heterocycles. The summed E-state index contributed by atoms with van der Waals surface area (Å²) >= 11 is 0. The molecule has 0 spiro atoms. The molecular weight excluding hydrogens is 194 g/mol. The first-order valence-corrected chi connectivity index (χ1v) is 5.53. The van der Waals surface area contributed by atoms with E-state index in [0.29, 0.717) is 0 Å². The fourth-order valence-electron chi connectivity index (χ4n) is 1.90. The first-order chi connectivity index (χ1) is 6.92. The van der Waals surface area contributed by atoms with Gasteiger partial charge in [0.15, 0.2) is 0 Å². The molecule has 0 bridgehead atoms. The highest BCUT2D eigenvalue weighted by Crippen LogP contribution is 2.25. The standard InChI is InChI=1S/C11H21NO3/c1-11(2,3)15-10(14)12-9-6-4-5-8(9)7-13/h8-9,13H,4-7H2,1-3H3,(H,12,14)/t8-,9-/m1/s1. The lowest BCUT2D eigenvalue weighted by Gasteiger charge is -2.23.